The van der Waals surface area contributed by atoms with Crippen molar-refractivity contribution in [3.63, 3.8) is 0 Å². The molecule has 1 saturated heterocycles. The number of piperidine rings is 1. The fraction of sp³-hybridized carbons (Fsp3) is 0.357. The first-order valence-corrected chi connectivity index (χ1v) is 7.77. The van der Waals surface area contributed by atoms with Gasteiger partial charge in [0.1, 0.15) is 18.2 Å². The van der Waals surface area contributed by atoms with E-state index in [0.29, 0.717) is 36.4 Å². The number of hydrogen-bond donors (Lipinski definition) is 1. The molecule has 0 radical (unpaired) electrons. The highest BCUT2D eigenvalue weighted by Crippen LogP contribution is 2.36. The van der Waals surface area contributed by atoms with Gasteiger partial charge in [0, 0.05) is 6.42 Å². The number of nitrogens with one attached hydrogen (secondary N) is 1. The number of rotatable bonds is 1. The molecule has 114 valence electrons. The monoisotopic (exact) mass is 365 g/mol. The Morgan fingerprint density at radius 2 is 2.09 bits per heavy atom. The number of carbonyl (C=O) groups excluding carboxylic acids is 2. The molecule has 0 aliphatic carbocycles. The van der Waals surface area contributed by atoms with Crippen LogP contribution in [0, 0.1) is 0 Å². The van der Waals surface area contributed by atoms with Gasteiger partial charge in [-0.3, -0.25) is 24.0 Å². The molecular weight excluding hydrogens is 354 g/mol. The van der Waals surface area contributed by atoms with Crippen LogP contribution < -0.4 is 15.7 Å². The minimum Gasteiger partial charge on any atom is -0.488 e. The van der Waals surface area contributed by atoms with Crippen molar-refractivity contribution < 1.29 is 14.3 Å². The molecule has 0 spiro atoms. The SMILES string of the molecule is O=C1CCC(n2c(=O)n3c4c(c(Br)ccc42)OCC3)C(=O)N1. The average Bonchev–Trinajstić information content (AvgIpc) is 2.78. The minimum absolute atomic E-state index is 0.232. The fourth-order valence-corrected chi connectivity index (χ4v) is 3.57. The van der Waals surface area contributed by atoms with E-state index in [-0.39, 0.29) is 18.0 Å². The highest BCUT2D eigenvalue weighted by Gasteiger charge is 2.33. The Labute approximate surface area is 133 Å². The molecular formula is C14H12BrN3O4. The van der Waals surface area contributed by atoms with E-state index in [2.05, 4.69) is 21.2 Å². The lowest BCUT2D eigenvalue weighted by atomic mass is 10.1. The van der Waals surface area contributed by atoms with Gasteiger partial charge in [-0.2, -0.15) is 0 Å². The van der Waals surface area contributed by atoms with Crippen molar-refractivity contribution >= 4 is 38.8 Å². The molecule has 0 saturated carbocycles. The van der Waals surface area contributed by atoms with Gasteiger partial charge in [-0.25, -0.2) is 4.79 Å². The summed E-state index contributed by atoms with van der Waals surface area (Å²) in [4.78, 5) is 36.2. The Hall–Kier alpha value is -2.09. The van der Waals surface area contributed by atoms with Gasteiger partial charge in [-0.15, -0.1) is 0 Å². The van der Waals surface area contributed by atoms with E-state index in [9.17, 15) is 14.4 Å². The number of imidazole rings is 1. The van der Waals surface area contributed by atoms with E-state index < -0.39 is 11.9 Å². The van der Waals surface area contributed by atoms with Gasteiger partial charge in [0.15, 0.2) is 5.75 Å². The maximum Gasteiger partial charge on any atom is 0.330 e. The van der Waals surface area contributed by atoms with Gasteiger partial charge >= 0.3 is 5.69 Å². The molecule has 2 aliphatic rings. The van der Waals surface area contributed by atoms with Crippen LogP contribution in [0.1, 0.15) is 18.9 Å². The normalized spacial score (nSPS) is 20.9. The lowest BCUT2D eigenvalue weighted by molar-refractivity contribution is -0.135. The van der Waals surface area contributed by atoms with Crippen LogP contribution in [0.25, 0.3) is 11.0 Å². The maximum atomic E-state index is 12.7. The Morgan fingerprint density at radius 1 is 1.27 bits per heavy atom. The molecule has 1 aromatic carbocycles. The Balaban J connectivity index is 1.98. The first-order chi connectivity index (χ1) is 10.6. The van der Waals surface area contributed by atoms with E-state index >= 15 is 0 Å². The Morgan fingerprint density at radius 3 is 2.86 bits per heavy atom. The second-order valence-electron chi connectivity index (χ2n) is 5.36. The van der Waals surface area contributed by atoms with E-state index in [1.54, 1.807) is 16.7 Å². The largest absolute Gasteiger partial charge is 0.488 e. The van der Waals surface area contributed by atoms with Crippen molar-refractivity contribution in [2.45, 2.75) is 25.4 Å². The first kappa shape index (κ1) is 13.6. The quantitative estimate of drug-likeness (QED) is 0.762. The van der Waals surface area contributed by atoms with Gasteiger partial charge in [0.2, 0.25) is 11.8 Å². The summed E-state index contributed by atoms with van der Waals surface area (Å²) in [5.74, 6) is -0.108. The van der Waals surface area contributed by atoms with Crippen molar-refractivity contribution in [1.82, 2.24) is 14.5 Å². The third-order valence-electron chi connectivity index (χ3n) is 4.11. The summed E-state index contributed by atoms with van der Waals surface area (Å²) in [6, 6.07) is 2.93. The molecule has 1 atom stereocenters. The number of nitrogens with zero attached hydrogens (tertiary/aromatic N) is 2. The second kappa shape index (κ2) is 4.70. The molecule has 1 aromatic heterocycles. The van der Waals surface area contributed by atoms with Gasteiger partial charge < -0.3 is 4.74 Å². The average molecular weight is 366 g/mol. The van der Waals surface area contributed by atoms with Crippen LogP contribution in [0.4, 0.5) is 0 Å². The molecule has 7 nitrogen and oxygen atoms in total. The van der Waals surface area contributed by atoms with Crippen LogP contribution in [0.2, 0.25) is 0 Å². The highest BCUT2D eigenvalue weighted by molar-refractivity contribution is 9.10. The standard InChI is InChI=1S/C14H12BrN3O4/c15-7-1-2-8-11-12(7)22-6-5-17(11)14(21)18(8)9-3-4-10(19)16-13(9)20/h1-2,9H,3-6H2,(H,16,19,20). The lowest BCUT2D eigenvalue weighted by Crippen LogP contribution is -2.44. The van der Waals surface area contributed by atoms with Crippen LogP contribution in [-0.4, -0.2) is 27.6 Å². The Bertz CT molecular complexity index is 882. The molecule has 22 heavy (non-hydrogen) atoms. The Kier molecular flexibility index (Phi) is 2.90. The number of halogens is 1. The number of amides is 2. The molecule has 8 heteroatoms. The van der Waals surface area contributed by atoms with Gasteiger partial charge in [0.25, 0.3) is 0 Å². The third kappa shape index (κ3) is 1.76. The van der Waals surface area contributed by atoms with Gasteiger partial charge in [-0.1, -0.05) is 0 Å². The maximum absolute atomic E-state index is 12.7. The summed E-state index contributed by atoms with van der Waals surface area (Å²) in [7, 11) is 0. The van der Waals surface area contributed by atoms with Crippen LogP contribution >= 0.6 is 15.9 Å². The second-order valence-corrected chi connectivity index (χ2v) is 6.22. The van der Waals surface area contributed by atoms with Crippen LogP contribution in [0.5, 0.6) is 5.75 Å². The number of carbonyl (C=O) groups is 2. The van der Waals surface area contributed by atoms with Crippen LogP contribution in [0.3, 0.4) is 0 Å². The van der Waals surface area contributed by atoms with Gasteiger partial charge in [0.05, 0.1) is 16.5 Å². The van der Waals surface area contributed by atoms with Gasteiger partial charge in [-0.05, 0) is 34.5 Å². The predicted octanol–water partition coefficient (Wildman–Crippen LogP) is 0.936. The summed E-state index contributed by atoms with van der Waals surface area (Å²) in [5.41, 5.74) is 1.10. The van der Waals surface area contributed by atoms with Crippen molar-refractivity contribution in [2.75, 3.05) is 6.61 Å². The summed E-state index contributed by atoms with van der Waals surface area (Å²) in [6.07, 6.45) is 0.561. The molecule has 0 bridgehead atoms. The fourth-order valence-electron chi connectivity index (χ4n) is 3.13. The van der Waals surface area contributed by atoms with E-state index in [1.165, 1.54) is 4.57 Å². The number of imide groups is 1. The molecule has 2 aromatic rings. The highest BCUT2D eigenvalue weighted by atomic mass is 79.9. The number of ether oxygens (including phenoxy) is 1. The smallest absolute Gasteiger partial charge is 0.330 e. The van der Waals surface area contributed by atoms with E-state index in [0.717, 1.165) is 4.47 Å². The van der Waals surface area contributed by atoms with Crippen molar-refractivity contribution in [3.8, 4) is 5.75 Å². The van der Waals surface area contributed by atoms with Crippen molar-refractivity contribution in [1.29, 1.82) is 0 Å². The molecule has 2 aliphatic heterocycles. The minimum atomic E-state index is -0.666. The zero-order chi connectivity index (χ0) is 15.4. The van der Waals surface area contributed by atoms with Crippen molar-refractivity contribution in [3.05, 3.63) is 27.1 Å². The zero-order valence-electron chi connectivity index (χ0n) is 11.5. The van der Waals surface area contributed by atoms with Crippen LogP contribution in [-0.2, 0) is 16.1 Å². The molecule has 1 fully saturated rings. The first-order valence-electron chi connectivity index (χ1n) is 6.97. The van der Waals surface area contributed by atoms with E-state index in [4.69, 9.17) is 4.74 Å². The molecule has 2 amide bonds. The molecule has 1 N–H and O–H groups in total. The predicted molar refractivity (Wildman–Crippen MR) is 80.8 cm³/mol. The number of hydrogen-bond acceptors (Lipinski definition) is 4. The lowest BCUT2D eigenvalue weighted by Gasteiger charge is -2.21. The molecule has 4 rings (SSSR count). The van der Waals surface area contributed by atoms with Crippen LogP contribution in [0.15, 0.2) is 21.4 Å². The summed E-state index contributed by atoms with van der Waals surface area (Å²) < 4.78 is 9.52. The third-order valence-corrected chi connectivity index (χ3v) is 4.74. The summed E-state index contributed by atoms with van der Waals surface area (Å²) in [5, 5.41) is 2.30. The molecule has 1 unspecified atom stereocenters. The summed E-state index contributed by atoms with van der Waals surface area (Å²) >= 11 is 3.42. The zero-order valence-corrected chi connectivity index (χ0v) is 13.1. The molecule has 3 heterocycles. The summed E-state index contributed by atoms with van der Waals surface area (Å²) in [6.45, 7) is 0.850. The topological polar surface area (TPSA) is 82.3 Å². The van der Waals surface area contributed by atoms with E-state index in [1.807, 2.05) is 0 Å². The number of benzene rings is 1. The number of aromatic nitrogens is 2. The van der Waals surface area contributed by atoms with Crippen molar-refractivity contribution in [2.24, 2.45) is 0 Å².